The molecule has 1 aliphatic heterocycles. The Morgan fingerprint density at radius 2 is 2.27 bits per heavy atom. The number of carbonyl (C=O) groups excluding carboxylic acids is 2. The molecule has 0 bridgehead atoms. The SMILES string of the molecule is CC(=O)C1CN(C=O)CCN1CCCO. The number of amides is 1. The Balaban J connectivity index is 2.54. The predicted molar refractivity (Wildman–Crippen MR) is 55.4 cm³/mol. The summed E-state index contributed by atoms with van der Waals surface area (Å²) in [5.41, 5.74) is 0. The Hall–Kier alpha value is -0.940. The van der Waals surface area contributed by atoms with Crippen LogP contribution in [0.2, 0.25) is 0 Å². The van der Waals surface area contributed by atoms with Gasteiger partial charge in [0.15, 0.2) is 0 Å². The summed E-state index contributed by atoms with van der Waals surface area (Å²) < 4.78 is 0. The van der Waals surface area contributed by atoms with Crippen LogP contribution in [0.25, 0.3) is 0 Å². The maximum Gasteiger partial charge on any atom is 0.209 e. The zero-order valence-electron chi connectivity index (χ0n) is 9.06. The number of aliphatic hydroxyl groups is 1. The molecular formula is C10H18N2O3. The van der Waals surface area contributed by atoms with Crippen molar-refractivity contribution < 1.29 is 14.7 Å². The summed E-state index contributed by atoms with van der Waals surface area (Å²) in [6.45, 7) is 4.25. The summed E-state index contributed by atoms with van der Waals surface area (Å²) in [4.78, 5) is 25.7. The molecule has 1 heterocycles. The van der Waals surface area contributed by atoms with Gasteiger partial charge in [0.2, 0.25) is 6.41 Å². The molecule has 1 N–H and O–H groups in total. The number of nitrogens with zero attached hydrogens (tertiary/aromatic N) is 2. The van der Waals surface area contributed by atoms with Crippen molar-refractivity contribution in [1.82, 2.24) is 9.80 Å². The maximum absolute atomic E-state index is 11.4. The second-order valence-corrected chi connectivity index (χ2v) is 3.84. The van der Waals surface area contributed by atoms with Crippen LogP contribution in [-0.4, -0.2) is 65.9 Å². The number of hydrogen-bond donors (Lipinski definition) is 1. The lowest BCUT2D eigenvalue weighted by atomic mass is 10.1. The van der Waals surface area contributed by atoms with Gasteiger partial charge in [-0.3, -0.25) is 14.5 Å². The van der Waals surface area contributed by atoms with E-state index < -0.39 is 0 Å². The van der Waals surface area contributed by atoms with Crippen LogP contribution in [0.15, 0.2) is 0 Å². The Morgan fingerprint density at radius 1 is 1.53 bits per heavy atom. The molecule has 1 amide bonds. The van der Waals surface area contributed by atoms with E-state index in [9.17, 15) is 9.59 Å². The smallest absolute Gasteiger partial charge is 0.209 e. The van der Waals surface area contributed by atoms with Gasteiger partial charge in [-0.15, -0.1) is 0 Å². The van der Waals surface area contributed by atoms with Crippen molar-refractivity contribution in [2.24, 2.45) is 0 Å². The summed E-state index contributed by atoms with van der Waals surface area (Å²) in [6, 6.07) is -0.199. The number of hydrogen-bond acceptors (Lipinski definition) is 4. The first-order chi connectivity index (χ1) is 7.19. The van der Waals surface area contributed by atoms with Crippen LogP contribution >= 0.6 is 0 Å². The fourth-order valence-electron chi connectivity index (χ4n) is 1.86. The fraction of sp³-hybridized carbons (Fsp3) is 0.800. The molecule has 0 aliphatic carbocycles. The Kier molecular flexibility index (Phi) is 4.71. The van der Waals surface area contributed by atoms with E-state index in [4.69, 9.17) is 5.11 Å². The minimum absolute atomic E-state index is 0.0829. The van der Waals surface area contributed by atoms with Gasteiger partial charge < -0.3 is 10.0 Å². The highest BCUT2D eigenvalue weighted by Crippen LogP contribution is 2.09. The highest BCUT2D eigenvalue weighted by atomic mass is 16.3. The molecule has 0 radical (unpaired) electrons. The molecule has 5 heteroatoms. The molecule has 0 spiro atoms. The van der Waals surface area contributed by atoms with Crippen molar-refractivity contribution >= 4 is 12.2 Å². The molecule has 1 atom stereocenters. The monoisotopic (exact) mass is 214 g/mol. The van der Waals surface area contributed by atoms with E-state index in [-0.39, 0.29) is 18.4 Å². The van der Waals surface area contributed by atoms with Crippen molar-refractivity contribution in [3.63, 3.8) is 0 Å². The largest absolute Gasteiger partial charge is 0.396 e. The summed E-state index contributed by atoms with van der Waals surface area (Å²) in [6.07, 6.45) is 1.46. The number of carbonyl (C=O) groups is 2. The number of aliphatic hydroxyl groups excluding tert-OH is 1. The van der Waals surface area contributed by atoms with Gasteiger partial charge in [0.05, 0.1) is 6.04 Å². The van der Waals surface area contributed by atoms with Crippen molar-refractivity contribution in [3.05, 3.63) is 0 Å². The highest BCUT2D eigenvalue weighted by molar-refractivity contribution is 5.82. The van der Waals surface area contributed by atoms with Gasteiger partial charge in [-0.1, -0.05) is 0 Å². The molecule has 1 unspecified atom stereocenters. The average molecular weight is 214 g/mol. The quantitative estimate of drug-likeness (QED) is 0.603. The normalized spacial score (nSPS) is 22.8. The first-order valence-electron chi connectivity index (χ1n) is 5.23. The van der Waals surface area contributed by atoms with Crippen molar-refractivity contribution in [2.45, 2.75) is 19.4 Å². The molecule has 0 aromatic rings. The molecule has 1 saturated heterocycles. The summed E-state index contributed by atoms with van der Waals surface area (Å²) in [5, 5.41) is 8.74. The third kappa shape index (κ3) is 3.28. The zero-order chi connectivity index (χ0) is 11.3. The summed E-state index contributed by atoms with van der Waals surface area (Å²) >= 11 is 0. The molecule has 0 aromatic heterocycles. The molecule has 86 valence electrons. The van der Waals surface area contributed by atoms with Crippen LogP contribution in [0.4, 0.5) is 0 Å². The van der Waals surface area contributed by atoms with Crippen LogP contribution < -0.4 is 0 Å². The number of Topliss-reactive ketones (excluding diaryl/α,β-unsaturated/α-hetero) is 1. The van der Waals surface area contributed by atoms with E-state index in [1.165, 1.54) is 0 Å². The van der Waals surface area contributed by atoms with E-state index in [1.54, 1.807) is 11.8 Å². The first kappa shape index (κ1) is 12.1. The third-order valence-corrected chi connectivity index (χ3v) is 2.74. The Morgan fingerprint density at radius 3 is 2.80 bits per heavy atom. The standard InChI is InChI=1S/C10H18N2O3/c1-9(15)10-7-11(8-14)4-5-12(10)3-2-6-13/h8,10,13H,2-7H2,1H3. The van der Waals surface area contributed by atoms with E-state index in [0.717, 1.165) is 6.41 Å². The number of ketones is 1. The maximum atomic E-state index is 11.4. The summed E-state index contributed by atoms with van der Waals surface area (Å²) in [7, 11) is 0. The third-order valence-electron chi connectivity index (χ3n) is 2.74. The summed E-state index contributed by atoms with van der Waals surface area (Å²) in [5.74, 6) is 0.0829. The Labute approximate surface area is 89.7 Å². The van der Waals surface area contributed by atoms with Crippen molar-refractivity contribution in [1.29, 1.82) is 0 Å². The average Bonchev–Trinajstić information content (AvgIpc) is 2.26. The van der Waals surface area contributed by atoms with Gasteiger partial charge in [0.1, 0.15) is 5.78 Å². The molecule has 1 aliphatic rings. The number of rotatable bonds is 5. The molecule has 0 saturated carbocycles. The Bertz CT molecular complexity index is 233. The van der Waals surface area contributed by atoms with E-state index >= 15 is 0 Å². The predicted octanol–water partition coefficient (Wildman–Crippen LogP) is -0.900. The van der Waals surface area contributed by atoms with E-state index in [0.29, 0.717) is 32.6 Å². The van der Waals surface area contributed by atoms with Crippen molar-refractivity contribution in [2.75, 3.05) is 32.8 Å². The van der Waals surface area contributed by atoms with Gasteiger partial charge in [0.25, 0.3) is 0 Å². The second kappa shape index (κ2) is 5.82. The highest BCUT2D eigenvalue weighted by Gasteiger charge is 2.28. The minimum atomic E-state index is -0.199. The zero-order valence-corrected chi connectivity index (χ0v) is 9.06. The van der Waals surface area contributed by atoms with Crippen LogP contribution in [0.5, 0.6) is 0 Å². The second-order valence-electron chi connectivity index (χ2n) is 3.84. The molecular weight excluding hydrogens is 196 g/mol. The molecule has 0 aromatic carbocycles. The molecule has 1 rings (SSSR count). The van der Waals surface area contributed by atoms with Gasteiger partial charge >= 0.3 is 0 Å². The van der Waals surface area contributed by atoms with Gasteiger partial charge in [-0.25, -0.2) is 0 Å². The van der Waals surface area contributed by atoms with Crippen LogP contribution in [0, 0.1) is 0 Å². The van der Waals surface area contributed by atoms with Crippen LogP contribution in [0.1, 0.15) is 13.3 Å². The number of piperazine rings is 1. The lowest BCUT2D eigenvalue weighted by Gasteiger charge is -2.38. The molecule has 1 fully saturated rings. The minimum Gasteiger partial charge on any atom is -0.396 e. The van der Waals surface area contributed by atoms with E-state index in [2.05, 4.69) is 0 Å². The lowest BCUT2D eigenvalue weighted by Crippen LogP contribution is -2.55. The molecule has 15 heavy (non-hydrogen) atoms. The first-order valence-corrected chi connectivity index (χ1v) is 5.23. The topological polar surface area (TPSA) is 60.9 Å². The lowest BCUT2D eigenvalue weighted by molar-refractivity contribution is -0.128. The van der Waals surface area contributed by atoms with Crippen LogP contribution in [-0.2, 0) is 9.59 Å². The van der Waals surface area contributed by atoms with Gasteiger partial charge in [-0.2, -0.15) is 0 Å². The molecule has 5 nitrogen and oxygen atoms in total. The van der Waals surface area contributed by atoms with Crippen molar-refractivity contribution in [3.8, 4) is 0 Å². The van der Waals surface area contributed by atoms with Crippen LogP contribution in [0.3, 0.4) is 0 Å². The van der Waals surface area contributed by atoms with Gasteiger partial charge in [-0.05, 0) is 13.3 Å². The fourth-order valence-corrected chi connectivity index (χ4v) is 1.86. The van der Waals surface area contributed by atoms with E-state index in [1.807, 2.05) is 4.90 Å². The van der Waals surface area contributed by atoms with Gasteiger partial charge in [0, 0.05) is 32.8 Å².